The van der Waals surface area contributed by atoms with Gasteiger partial charge in [-0.15, -0.1) is 0 Å². The molecule has 1 N–H and O–H groups in total. The van der Waals surface area contributed by atoms with E-state index in [1.54, 1.807) is 0 Å². The lowest BCUT2D eigenvalue weighted by atomic mass is 10.1. The first-order valence-corrected chi connectivity index (χ1v) is 6.23. The van der Waals surface area contributed by atoms with Crippen molar-refractivity contribution in [1.82, 2.24) is 4.90 Å². The molecule has 0 aliphatic rings. The van der Waals surface area contributed by atoms with Crippen molar-refractivity contribution in [3.05, 3.63) is 35.9 Å². The standard InChI is InChI=1S/C14H23NO/c1-3-11-15(4-2)12-10-14(16)13-8-6-5-7-9-13/h5-9,14,16H,3-4,10-12H2,1-2H3. The highest BCUT2D eigenvalue weighted by Gasteiger charge is 2.08. The van der Waals surface area contributed by atoms with Gasteiger partial charge >= 0.3 is 0 Å². The highest BCUT2D eigenvalue weighted by atomic mass is 16.3. The van der Waals surface area contributed by atoms with E-state index in [4.69, 9.17) is 0 Å². The molecule has 1 aromatic rings. The average molecular weight is 221 g/mol. The molecule has 0 aliphatic carbocycles. The molecule has 0 saturated heterocycles. The number of nitrogens with zero attached hydrogens (tertiary/aromatic N) is 1. The van der Waals surface area contributed by atoms with Crippen molar-refractivity contribution in [3.63, 3.8) is 0 Å². The Morgan fingerprint density at radius 1 is 1.12 bits per heavy atom. The van der Waals surface area contributed by atoms with Crippen molar-refractivity contribution in [2.24, 2.45) is 0 Å². The first-order valence-electron chi connectivity index (χ1n) is 6.23. The summed E-state index contributed by atoms with van der Waals surface area (Å²) in [6.45, 7) is 7.52. The van der Waals surface area contributed by atoms with Gasteiger partial charge in [-0.2, -0.15) is 0 Å². The smallest absolute Gasteiger partial charge is 0.0802 e. The number of rotatable bonds is 7. The number of aliphatic hydroxyl groups is 1. The fraction of sp³-hybridized carbons (Fsp3) is 0.571. The molecule has 0 aromatic heterocycles. The summed E-state index contributed by atoms with van der Waals surface area (Å²) in [6.07, 6.45) is 1.67. The van der Waals surface area contributed by atoms with Crippen molar-refractivity contribution < 1.29 is 5.11 Å². The second-order valence-electron chi connectivity index (χ2n) is 4.15. The van der Waals surface area contributed by atoms with Crippen LogP contribution in [0.25, 0.3) is 0 Å². The fourth-order valence-corrected chi connectivity index (χ4v) is 1.89. The first kappa shape index (κ1) is 13.2. The molecule has 2 nitrogen and oxygen atoms in total. The van der Waals surface area contributed by atoms with Crippen LogP contribution in [0, 0.1) is 0 Å². The minimum Gasteiger partial charge on any atom is -0.388 e. The van der Waals surface area contributed by atoms with Gasteiger partial charge in [0, 0.05) is 6.54 Å². The molecule has 0 fully saturated rings. The summed E-state index contributed by atoms with van der Waals surface area (Å²) < 4.78 is 0. The highest BCUT2D eigenvalue weighted by Crippen LogP contribution is 2.16. The third kappa shape index (κ3) is 4.33. The zero-order valence-corrected chi connectivity index (χ0v) is 10.4. The zero-order chi connectivity index (χ0) is 11.8. The highest BCUT2D eigenvalue weighted by molar-refractivity contribution is 5.17. The Hall–Kier alpha value is -0.860. The van der Waals surface area contributed by atoms with Crippen LogP contribution in [0.15, 0.2) is 30.3 Å². The maximum Gasteiger partial charge on any atom is 0.0802 e. The zero-order valence-electron chi connectivity index (χ0n) is 10.4. The summed E-state index contributed by atoms with van der Waals surface area (Å²) >= 11 is 0. The van der Waals surface area contributed by atoms with Crippen molar-refractivity contribution in [3.8, 4) is 0 Å². The van der Waals surface area contributed by atoms with E-state index in [1.807, 2.05) is 30.3 Å². The number of hydrogen-bond donors (Lipinski definition) is 1. The van der Waals surface area contributed by atoms with E-state index in [9.17, 15) is 5.11 Å². The molecular formula is C14H23NO. The molecule has 1 rings (SSSR count). The minimum atomic E-state index is -0.327. The van der Waals surface area contributed by atoms with E-state index in [2.05, 4.69) is 18.7 Å². The van der Waals surface area contributed by atoms with Crippen LogP contribution in [0.4, 0.5) is 0 Å². The first-order chi connectivity index (χ1) is 7.77. The molecule has 0 saturated carbocycles. The Balaban J connectivity index is 2.37. The molecule has 0 aliphatic heterocycles. The maximum absolute atomic E-state index is 10.0. The Morgan fingerprint density at radius 3 is 2.38 bits per heavy atom. The normalized spacial score (nSPS) is 13.0. The van der Waals surface area contributed by atoms with Crippen LogP contribution < -0.4 is 0 Å². The average Bonchev–Trinajstić information content (AvgIpc) is 2.35. The van der Waals surface area contributed by atoms with E-state index < -0.39 is 0 Å². The maximum atomic E-state index is 10.0. The Morgan fingerprint density at radius 2 is 1.81 bits per heavy atom. The van der Waals surface area contributed by atoms with Crippen molar-refractivity contribution >= 4 is 0 Å². The van der Waals surface area contributed by atoms with Gasteiger partial charge in [0.1, 0.15) is 0 Å². The SMILES string of the molecule is CCCN(CC)CCC(O)c1ccccc1. The van der Waals surface area contributed by atoms with Crippen LogP contribution in [-0.4, -0.2) is 29.6 Å². The summed E-state index contributed by atoms with van der Waals surface area (Å²) in [6, 6.07) is 9.90. The largest absolute Gasteiger partial charge is 0.388 e. The van der Waals surface area contributed by atoms with Gasteiger partial charge in [0.25, 0.3) is 0 Å². The van der Waals surface area contributed by atoms with Gasteiger partial charge in [-0.05, 0) is 31.5 Å². The van der Waals surface area contributed by atoms with E-state index in [0.29, 0.717) is 0 Å². The summed E-state index contributed by atoms with van der Waals surface area (Å²) in [5.74, 6) is 0. The summed E-state index contributed by atoms with van der Waals surface area (Å²) in [4.78, 5) is 2.38. The molecule has 90 valence electrons. The monoisotopic (exact) mass is 221 g/mol. The quantitative estimate of drug-likeness (QED) is 0.765. The molecule has 1 atom stereocenters. The van der Waals surface area contributed by atoms with E-state index >= 15 is 0 Å². The van der Waals surface area contributed by atoms with Gasteiger partial charge in [-0.1, -0.05) is 44.2 Å². The number of aliphatic hydroxyl groups excluding tert-OH is 1. The molecule has 0 spiro atoms. The molecule has 1 unspecified atom stereocenters. The molecule has 16 heavy (non-hydrogen) atoms. The molecule has 2 heteroatoms. The lowest BCUT2D eigenvalue weighted by Gasteiger charge is -2.21. The third-order valence-electron chi connectivity index (χ3n) is 2.89. The second-order valence-corrected chi connectivity index (χ2v) is 4.15. The van der Waals surface area contributed by atoms with Crippen molar-refractivity contribution in [1.29, 1.82) is 0 Å². The Labute approximate surface area is 98.9 Å². The lowest BCUT2D eigenvalue weighted by Crippen LogP contribution is -2.26. The van der Waals surface area contributed by atoms with E-state index in [0.717, 1.165) is 31.6 Å². The third-order valence-corrected chi connectivity index (χ3v) is 2.89. The van der Waals surface area contributed by atoms with Gasteiger partial charge in [0.2, 0.25) is 0 Å². The second kappa shape index (κ2) is 7.42. The molecule has 0 bridgehead atoms. The Kier molecular flexibility index (Phi) is 6.12. The van der Waals surface area contributed by atoms with Crippen LogP contribution in [0.3, 0.4) is 0 Å². The van der Waals surface area contributed by atoms with Gasteiger partial charge in [0.15, 0.2) is 0 Å². The fourth-order valence-electron chi connectivity index (χ4n) is 1.89. The van der Waals surface area contributed by atoms with Crippen LogP contribution >= 0.6 is 0 Å². The summed E-state index contributed by atoms with van der Waals surface area (Å²) in [5, 5.41) is 10.0. The van der Waals surface area contributed by atoms with E-state index in [-0.39, 0.29) is 6.10 Å². The molecule has 1 aromatic carbocycles. The van der Waals surface area contributed by atoms with Crippen molar-refractivity contribution in [2.75, 3.05) is 19.6 Å². The van der Waals surface area contributed by atoms with Gasteiger partial charge in [-0.25, -0.2) is 0 Å². The van der Waals surface area contributed by atoms with Crippen LogP contribution in [-0.2, 0) is 0 Å². The van der Waals surface area contributed by atoms with Crippen LogP contribution in [0.5, 0.6) is 0 Å². The molecular weight excluding hydrogens is 198 g/mol. The predicted octanol–water partition coefficient (Wildman–Crippen LogP) is 2.84. The van der Waals surface area contributed by atoms with Crippen LogP contribution in [0.2, 0.25) is 0 Å². The number of hydrogen-bond acceptors (Lipinski definition) is 2. The predicted molar refractivity (Wildman–Crippen MR) is 68.4 cm³/mol. The Bertz CT molecular complexity index is 273. The number of benzene rings is 1. The molecule has 0 heterocycles. The van der Waals surface area contributed by atoms with Gasteiger partial charge < -0.3 is 10.0 Å². The minimum absolute atomic E-state index is 0.327. The van der Waals surface area contributed by atoms with Crippen LogP contribution in [0.1, 0.15) is 38.4 Å². The summed E-state index contributed by atoms with van der Waals surface area (Å²) in [7, 11) is 0. The van der Waals surface area contributed by atoms with Gasteiger partial charge in [0.05, 0.1) is 6.10 Å². The summed E-state index contributed by atoms with van der Waals surface area (Å²) in [5.41, 5.74) is 1.02. The topological polar surface area (TPSA) is 23.5 Å². The van der Waals surface area contributed by atoms with E-state index in [1.165, 1.54) is 6.42 Å². The molecule has 0 amide bonds. The molecule has 0 radical (unpaired) electrons. The van der Waals surface area contributed by atoms with Gasteiger partial charge in [-0.3, -0.25) is 0 Å². The lowest BCUT2D eigenvalue weighted by molar-refractivity contribution is 0.143. The van der Waals surface area contributed by atoms with Crippen molar-refractivity contribution in [2.45, 2.75) is 32.8 Å².